The lowest BCUT2D eigenvalue weighted by molar-refractivity contribution is 0.405. The molecule has 0 fully saturated rings. The second-order valence-electron chi connectivity index (χ2n) is 5.97. The lowest BCUT2D eigenvalue weighted by atomic mass is 9.77. The van der Waals surface area contributed by atoms with Crippen molar-refractivity contribution in [3.05, 3.63) is 59.7 Å². The molecule has 0 radical (unpaired) electrons. The van der Waals surface area contributed by atoms with Gasteiger partial charge in [0.25, 0.3) is 0 Å². The summed E-state index contributed by atoms with van der Waals surface area (Å²) in [5.74, 6) is 1.47. The summed E-state index contributed by atoms with van der Waals surface area (Å²) in [7, 11) is 0. The van der Waals surface area contributed by atoms with Crippen LogP contribution in [-0.4, -0.2) is 10.2 Å². The Balaban J connectivity index is 2.38. The maximum absolute atomic E-state index is 9.55. The van der Waals surface area contributed by atoms with Crippen LogP contribution in [0.15, 0.2) is 48.5 Å². The van der Waals surface area contributed by atoms with Crippen LogP contribution in [0.2, 0.25) is 0 Å². The third-order valence-electron chi connectivity index (χ3n) is 4.43. The van der Waals surface area contributed by atoms with Gasteiger partial charge in [-0.2, -0.15) is 0 Å². The van der Waals surface area contributed by atoms with Crippen LogP contribution in [0.3, 0.4) is 0 Å². The standard InChI is InChI=1S/C20H26O2/c1-3-5-6-15(4-2)20(16-7-11-18(21)12-8-16)17-9-13-19(22)14-10-17/h7-15,20-22H,3-6H2,1-2H3. The van der Waals surface area contributed by atoms with Crippen molar-refractivity contribution in [2.45, 2.75) is 45.4 Å². The van der Waals surface area contributed by atoms with Gasteiger partial charge in [0, 0.05) is 5.92 Å². The van der Waals surface area contributed by atoms with Crippen molar-refractivity contribution >= 4 is 0 Å². The lowest BCUT2D eigenvalue weighted by Gasteiger charge is -2.27. The molecule has 0 aromatic heterocycles. The molecule has 0 bridgehead atoms. The Morgan fingerprint density at radius 1 is 0.773 bits per heavy atom. The SMILES string of the molecule is CCCCC(CC)C(c1ccc(O)cc1)c1ccc(O)cc1. The van der Waals surface area contributed by atoms with Gasteiger partial charge in [-0.25, -0.2) is 0 Å². The minimum Gasteiger partial charge on any atom is -0.508 e. The van der Waals surface area contributed by atoms with Gasteiger partial charge >= 0.3 is 0 Å². The number of benzene rings is 2. The molecule has 0 spiro atoms. The van der Waals surface area contributed by atoms with E-state index in [0.717, 1.165) is 6.42 Å². The number of hydrogen-bond donors (Lipinski definition) is 2. The lowest BCUT2D eigenvalue weighted by Crippen LogP contribution is -2.14. The van der Waals surface area contributed by atoms with Crippen LogP contribution in [0.4, 0.5) is 0 Å². The first-order chi connectivity index (χ1) is 10.7. The largest absolute Gasteiger partial charge is 0.508 e. The smallest absolute Gasteiger partial charge is 0.115 e. The Kier molecular flexibility index (Phi) is 5.88. The summed E-state index contributed by atoms with van der Waals surface area (Å²) in [6.45, 7) is 4.47. The van der Waals surface area contributed by atoms with E-state index in [4.69, 9.17) is 0 Å². The molecule has 118 valence electrons. The fourth-order valence-corrected chi connectivity index (χ4v) is 3.17. The Morgan fingerprint density at radius 2 is 1.23 bits per heavy atom. The molecule has 22 heavy (non-hydrogen) atoms. The van der Waals surface area contributed by atoms with Gasteiger partial charge in [0.15, 0.2) is 0 Å². The summed E-state index contributed by atoms with van der Waals surface area (Å²) in [5, 5.41) is 19.1. The van der Waals surface area contributed by atoms with Crippen molar-refractivity contribution in [3.63, 3.8) is 0 Å². The summed E-state index contributed by atoms with van der Waals surface area (Å²) >= 11 is 0. The van der Waals surface area contributed by atoms with Crippen LogP contribution in [-0.2, 0) is 0 Å². The molecular formula is C20H26O2. The van der Waals surface area contributed by atoms with E-state index in [-0.39, 0.29) is 0 Å². The van der Waals surface area contributed by atoms with E-state index < -0.39 is 0 Å². The van der Waals surface area contributed by atoms with E-state index in [2.05, 4.69) is 13.8 Å². The summed E-state index contributed by atoms with van der Waals surface area (Å²) in [5.41, 5.74) is 2.46. The van der Waals surface area contributed by atoms with Gasteiger partial charge in [-0.1, -0.05) is 57.4 Å². The van der Waals surface area contributed by atoms with Crippen molar-refractivity contribution in [2.24, 2.45) is 5.92 Å². The molecule has 1 unspecified atom stereocenters. The van der Waals surface area contributed by atoms with Gasteiger partial charge in [-0.15, -0.1) is 0 Å². The Hall–Kier alpha value is -1.96. The van der Waals surface area contributed by atoms with Gasteiger partial charge in [0.05, 0.1) is 0 Å². The highest BCUT2D eigenvalue weighted by atomic mass is 16.3. The van der Waals surface area contributed by atoms with Crippen LogP contribution in [0.1, 0.15) is 56.6 Å². The molecule has 2 rings (SSSR count). The summed E-state index contributed by atoms with van der Waals surface area (Å²) in [6, 6.07) is 15.1. The summed E-state index contributed by atoms with van der Waals surface area (Å²) in [6.07, 6.45) is 4.74. The minimum atomic E-state index is 0.301. The highest BCUT2D eigenvalue weighted by Crippen LogP contribution is 2.37. The minimum absolute atomic E-state index is 0.301. The molecule has 2 nitrogen and oxygen atoms in total. The van der Waals surface area contributed by atoms with Crippen LogP contribution in [0.5, 0.6) is 11.5 Å². The number of aromatic hydroxyl groups is 2. The maximum atomic E-state index is 9.55. The molecule has 2 heteroatoms. The second-order valence-corrected chi connectivity index (χ2v) is 5.97. The molecule has 1 atom stereocenters. The van der Waals surface area contributed by atoms with Crippen LogP contribution >= 0.6 is 0 Å². The van der Waals surface area contributed by atoms with Gasteiger partial charge < -0.3 is 10.2 Å². The number of phenols is 2. The summed E-state index contributed by atoms with van der Waals surface area (Å²) < 4.78 is 0. The quantitative estimate of drug-likeness (QED) is 0.714. The third-order valence-corrected chi connectivity index (χ3v) is 4.43. The van der Waals surface area contributed by atoms with Gasteiger partial charge in [0.2, 0.25) is 0 Å². The average Bonchev–Trinajstić information content (AvgIpc) is 2.54. The van der Waals surface area contributed by atoms with Gasteiger partial charge in [-0.05, 0) is 47.7 Å². The van der Waals surface area contributed by atoms with E-state index in [1.165, 1.54) is 30.4 Å². The van der Waals surface area contributed by atoms with Crippen LogP contribution < -0.4 is 0 Å². The average molecular weight is 298 g/mol. The predicted molar refractivity (Wildman–Crippen MR) is 91.4 cm³/mol. The zero-order valence-electron chi connectivity index (χ0n) is 13.5. The second kappa shape index (κ2) is 7.88. The van der Waals surface area contributed by atoms with Crippen molar-refractivity contribution < 1.29 is 10.2 Å². The molecule has 0 aliphatic heterocycles. The molecule has 0 heterocycles. The van der Waals surface area contributed by atoms with Crippen LogP contribution in [0, 0.1) is 5.92 Å². The van der Waals surface area contributed by atoms with Crippen molar-refractivity contribution in [1.82, 2.24) is 0 Å². The highest BCUT2D eigenvalue weighted by Gasteiger charge is 2.23. The van der Waals surface area contributed by atoms with Crippen molar-refractivity contribution in [3.8, 4) is 11.5 Å². The van der Waals surface area contributed by atoms with Gasteiger partial charge in [-0.3, -0.25) is 0 Å². The topological polar surface area (TPSA) is 40.5 Å². The summed E-state index contributed by atoms with van der Waals surface area (Å²) in [4.78, 5) is 0. The number of unbranched alkanes of at least 4 members (excludes halogenated alkanes) is 1. The first-order valence-corrected chi connectivity index (χ1v) is 8.23. The number of hydrogen-bond acceptors (Lipinski definition) is 2. The molecule has 0 saturated heterocycles. The van der Waals surface area contributed by atoms with E-state index >= 15 is 0 Å². The van der Waals surface area contributed by atoms with E-state index in [0.29, 0.717) is 23.3 Å². The Morgan fingerprint density at radius 3 is 1.59 bits per heavy atom. The molecular weight excluding hydrogens is 272 g/mol. The Labute approximate surface area is 133 Å². The first-order valence-electron chi connectivity index (χ1n) is 8.23. The zero-order chi connectivity index (χ0) is 15.9. The molecule has 2 aromatic carbocycles. The molecule has 0 aliphatic carbocycles. The van der Waals surface area contributed by atoms with Crippen molar-refractivity contribution in [1.29, 1.82) is 0 Å². The zero-order valence-corrected chi connectivity index (χ0v) is 13.5. The monoisotopic (exact) mass is 298 g/mol. The van der Waals surface area contributed by atoms with E-state index in [1.807, 2.05) is 24.3 Å². The van der Waals surface area contributed by atoms with E-state index in [9.17, 15) is 10.2 Å². The number of rotatable bonds is 7. The molecule has 2 aromatic rings. The maximum Gasteiger partial charge on any atom is 0.115 e. The van der Waals surface area contributed by atoms with Crippen molar-refractivity contribution in [2.75, 3.05) is 0 Å². The molecule has 0 aliphatic rings. The normalized spacial score (nSPS) is 12.5. The molecule has 0 amide bonds. The predicted octanol–water partition coefficient (Wildman–Crippen LogP) is 5.45. The van der Waals surface area contributed by atoms with Gasteiger partial charge in [0.1, 0.15) is 11.5 Å². The fourth-order valence-electron chi connectivity index (χ4n) is 3.17. The van der Waals surface area contributed by atoms with Crippen LogP contribution in [0.25, 0.3) is 0 Å². The van der Waals surface area contributed by atoms with E-state index in [1.54, 1.807) is 24.3 Å². The number of phenolic OH excluding ortho intramolecular Hbond substituents is 2. The molecule has 2 N–H and O–H groups in total. The Bertz CT molecular complexity index is 512. The highest BCUT2D eigenvalue weighted by molar-refractivity contribution is 5.38. The fraction of sp³-hybridized carbons (Fsp3) is 0.400. The molecule has 0 saturated carbocycles. The third kappa shape index (κ3) is 4.03. The first kappa shape index (κ1) is 16.4.